The molecule has 2 aliphatic rings. The molecule has 0 aromatic rings. The van der Waals surface area contributed by atoms with E-state index in [0.29, 0.717) is 0 Å². The zero-order chi connectivity index (χ0) is 12.3. The summed E-state index contributed by atoms with van der Waals surface area (Å²) in [6, 6.07) is 0. The lowest BCUT2D eigenvalue weighted by Gasteiger charge is -2.30. The zero-order valence-corrected chi connectivity index (χ0v) is 10.9. The molecule has 2 aliphatic carbocycles. The number of carboxylic acid groups (broad SMARTS) is 1. The summed E-state index contributed by atoms with van der Waals surface area (Å²) in [4.78, 5) is 11.0. The highest BCUT2D eigenvalue weighted by molar-refractivity contribution is 5.81. The van der Waals surface area contributed by atoms with E-state index < -0.39 is 5.97 Å². The van der Waals surface area contributed by atoms with Gasteiger partial charge in [0.15, 0.2) is 0 Å². The normalized spacial score (nSPS) is 32.1. The van der Waals surface area contributed by atoms with Crippen LogP contribution in [0, 0.1) is 11.3 Å². The van der Waals surface area contributed by atoms with E-state index in [9.17, 15) is 4.79 Å². The number of fused-ring (bicyclic) bond motifs is 2. The summed E-state index contributed by atoms with van der Waals surface area (Å²) in [7, 11) is 0. The van der Waals surface area contributed by atoms with E-state index in [1.54, 1.807) is 0 Å². The van der Waals surface area contributed by atoms with Crippen LogP contribution in [0.1, 0.15) is 64.7 Å². The van der Waals surface area contributed by atoms with Crippen LogP contribution in [0.25, 0.3) is 0 Å². The van der Waals surface area contributed by atoms with Gasteiger partial charge < -0.3 is 5.11 Å². The smallest absolute Gasteiger partial charge is 0.328 e. The van der Waals surface area contributed by atoms with Crippen LogP contribution >= 0.6 is 0 Å². The number of rotatable bonds is 6. The zero-order valence-electron chi connectivity index (χ0n) is 10.9. The summed E-state index contributed by atoms with van der Waals surface area (Å²) in [5, 5.41) is 9.05. The molecular formula is C15H24O2. The molecule has 0 saturated heterocycles. The second-order valence-electron chi connectivity index (χ2n) is 5.89. The van der Waals surface area contributed by atoms with Gasteiger partial charge in [-0.2, -0.15) is 0 Å². The van der Waals surface area contributed by atoms with Crippen LogP contribution in [0.15, 0.2) is 11.6 Å². The van der Waals surface area contributed by atoms with Crippen molar-refractivity contribution < 1.29 is 9.90 Å². The summed E-state index contributed by atoms with van der Waals surface area (Å²) in [5.74, 6) is 0.139. The highest BCUT2D eigenvalue weighted by Gasteiger charge is 2.46. The Kier molecular flexibility index (Phi) is 3.90. The third kappa shape index (κ3) is 2.72. The fourth-order valence-electron chi connectivity index (χ4n) is 3.85. The van der Waals surface area contributed by atoms with Gasteiger partial charge in [0.25, 0.3) is 0 Å². The quantitative estimate of drug-likeness (QED) is 0.555. The van der Waals surface area contributed by atoms with Gasteiger partial charge in [-0.15, -0.1) is 0 Å². The van der Waals surface area contributed by atoms with E-state index in [4.69, 9.17) is 5.11 Å². The standard InChI is InChI=1S/C15H24O2/c1-2-3-4-5-13(10-14(16)17)15-8-6-12(11-15)7-9-15/h10,12H,2-9,11H2,1H3,(H,16,17). The minimum absolute atomic E-state index is 0.288. The summed E-state index contributed by atoms with van der Waals surface area (Å²) in [6.45, 7) is 2.19. The lowest BCUT2D eigenvalue weighted by atomic mass is 9.75. The topological polar surface area (TPSA) is 37.3 Å². The minimum atomic E-state index is -0.749. The van der Waals surface area contributed by atoms with Gasteiger partial charge in [-0.05, 0) is 56.3 Å². The van der Waals surface area contributed by atoms with Crippen LogP contribution in [-0.2, 0) is 4.79 Å². The lowest BCUT2D eigenvalue weighted by molar-refractivity contribution is -0.131. The Morgan fingerprint density at radius 3 is 2.53 bits per heavy atom. The van der Waals surface area contributed by atoms with Crippen LogP contribution in [0.4, 0.5) is 0 Å². The van der Waals surface area contributed by atoms with E-state index in [-0.39, 0.29) is 5.41 Å². The predicted octanol–water partition coefficient (Wildman–Crippen LogP) is 4.16. The molecule has 2 fully saturated rings. The van der Waals surface area contributed by atoms with E-state index in [2.05, 4.69) is 6.92 Å². The Morgan fingerprint density at radius 1 is 1.35 bits per heavy atom. The van der Waals surface area contributed by atoms with Gasteiger partial charge in [-0.1, -0.05) is 25.3 Å². The van der Waals surface area contributed by atoms with Crippen molar-refractivity contribution in [1.29, 1.82) is 0 Å². The summed E-state index contributed by atoms with van der Waals surface area (Å²) < 4.78 is 0. The maximum atomic E-state index is 11.0. The molecule has 0 heterocycles. The molecule has 0 amide bonds. The molecule has 1 N–H and O–H groups in total. The van der Waals surface area contributed by atoms with Crippen molar-refractivity contribution in [2.45, 2.75) is 64.7 Å². The van der Waals surface area contributed by atoms with Crippen molar-refractivity contribution in [3.8, 4) is 0 Å². The van der Waals surface area contributed by atoms with Crippen molar-refractivity contribution in [1.82, 2.24) is 0 Å². The SMILES string of the molecule is CCCCCC(=CC(=O)O)C12CCC(CC1)C2. The number of hydrogen-bond donors (Lipinski definition) is 1. The highest BCUT2D eigenvalue weighted by atomic mass is 16.4. The molecule has 17 heavy (non-hydrogen) atoms. The predicted molar refractivity (Wildman–Crippen MR) is 68.9 cm³/mol. The van der Waals surface area contributed by atoms with Crippen LogP contribution < -0.4 is 0 Å². The van der Waals surface area contributed by atoms with Crippen LogP contribution in [-0.4, -0.2) is 11.1 Å². The maximum absolute atomic E-state index is 11.0. The monoisotopic (exact) mass is 236 g/mol. The van der Waals surface area contributed by atoms with Gasteiger partial charge in [0.2, 0.25) is 0 Å². The number of aliphatic carboxylic acids is 1. The number of carboxylic acids is 1. The molecule has 96 valence electrons. The molecule has 2 rings (SSSR count). The Morgan fingerprint density at radius 2 is 2.06 bits per heavy atom. The number of hydrogen-bond acceptors (Lipinski definition) is 1. The van der Waals surface area contributed by atoms with Crippen LogP contribution in [0.2, 0.25) is 0 Å². The molecule has 0 radical (unpaired) electrons. The average Bonchev–Trinajstić information content (AvgIpc) is 2.88. The lowest BCUT2D eigenvalue weighted by Crippen LogP contribution is -2.18. The van der Waals surface area contributed by atoms with Gasteiger partial charge >= 0.3 is 5.97 Å². The summed E-state index contributed by atoms with van der Waals surface area (Å²) in [5.41, 5.74) is 1.54. The largest absolute Gasteiger partial charge is 0.478 e. The van der Waals surface area contributed by atoms with E-state index >= 15 is 0 Å². The maximum Gasteiger partial charge on any atom is 0.328 e. The molecule has 0 aromatic heterocycles. The first-order valence-corrected chi connectivity index (χ1v) is 7.10. The van der Waals surface area contributed by atoms with Crippen molar-refractivity contribution in [2.24, 2.45) is 11.3 Å². The van der Waals surface area contributed by atoms with E-state index in [0.717, 1.165) is 18.8 Å². The molecule has 2 nitrogen and oxygen atoms in total. The van der Waals surface area contributed by atoms with Crippen molar-refractivity contribution >= 4 is 5.97 Å². The Balaban J connectivity index is 2.07. The molecule has 0 unspecified atom stereocenters. The Hall–Kier alpha value is -0.790. The molecule has 2 saturated carbocycles. The highest BCUT2D eigenvalue weighted by Crippen LogP contribution is 2.58. The average molecular weight is 236 g/mol. The van der Waals surface area contributed by atoms with Crippen molar-refractivity contribution in [3.05, 3.63) is 11.6 Å². The number of allylic oxidation sites excluding steroid dienone is 1. The van der Waals surface area contributed by atoms with E-state index in [1.807, 2.05) is 0 Å². The molecular weight excluding hydrogens is 212 g/mol. The van der Waals surface area contributed by atoms with Gasteiger partial charge in [0.1, 0.15) is 0 Å². The molecule has 2 heteroatoms. The fraction of sp³-hybridized carbons (Fsp3) is 0.800. The van der Waals surface area contributed by atoms with Crippen molar-refractivity contribution in [2.75, 3.05) is 0 Å². The van der Waals surface area contributed by atoms with Crippen LogP contribution in [0.5, 0.6) is 0 Å². The second kappa shape index (κ2) is 5.24. The van der Waals surface area contributed by atoms with Crippen molar-refractivity contribution in [3.63, 3.8) is 0 Å². The first-order chi connectivity index (χ1) is 8.16. The molecule has 0 spiro atoms. The molecule has 2 bridgehead atoms. The number of carbonyl (C=O) groups is 1. The third-order valence-electron chi connectivity index (χ3n) is 4.77. The molecule has 0 aliphatic heterocycles. The number of unbranched alkanes of at least 4 members (excludes halogenated alkanes) is 2. The molecule has 0 aromatic carbocycles. The van der Waals surface area contributed by atoms with Gasteiger partial charge in [0, 0.05) is 6.08 Å². The summed E-state index contributed by atoms with van der Waals surface area (Å²) in [6.07, 6.45) is 12.5. The van der Waals surface area contributed by atoms with Crippen LogP contribution in [0.3, 0.4) is 0 Å². The summed E-state index contributed by atoms with van der Waals surface area (Å²) >= 11 is 0. The Bertz CT molecular complexity index is 309. The van der Waals surface area contributed by atoms with Gasteiger partial charge in [-0.25, -0.2) is 4.79 Å². The first-order valence-electron chi connectivity index (χ1n) is 7.10. The minimum Gasteiger partial charge on any atom is -0.478 e. The van der Waals surface area contributed by atoms with Gasteiger partial charge in [-0.3, -0.25) is 0 Å². The third-order valence-corrected chi connectivity index (χ3v) is 4.77. The van der Waals surface area contributed by atoms with E-state index in [1.165, 1.54) is 56.6 Å². The first kappa shape index (κ1) is 12.7. The van der Waals surface area contributed by atoms with Gasteiger partial charge in [0.05, 0.1) is 0 Å². The second-order valence-corrected chi connectivity index (χ2v) is 5.89. The molecule has 0 atom stereocenters. The fourth-order valence-corrected chi connectivity index (χ4v) is 3.85. The Labute approximate surface area is 104 Å².